The van der Waals surface area contributed by atoms with Crippen molar-refractivity contribution in [2.75, 3.05) is 19.7 Å². The molecule has 0 aliphatic carbocycles. The molecule has 2 fully saturated rings. The maximum Gasteiger partial charge on any atom is 0.293 e. The summed E-state index contributed by atoms with van der Waals surface area (Å²) in [4.78, 5) is 39.7. The maximum atomic E-state index is 12.8. The van der Waals surface area contributed by atoms with E-state index in [0.29, 0.717) is 18.0 Å². The van der Waals surface area contributed by atoms with Gasteiger partial charge in [-0.1, -0.05) is 39.0 Å². The fourth-order valence-corrected chi connectivity index (χ4v) is 5.24. The molecule has 1 atom stereocenters. The number of carbonyl (C=O) groups is 3. The number of aromatic nitrogens is 1. The van der Waals surface area contributed by atoms with Crippen LogP contribution < -0.4 is 5.32 Å². The van der Waals surface area contributed by atoms with Crippen molar-refractivity contribution >= 4 is 45.8 Å². The largest absolute Gasteiger partial charge is 0.376 e. The van der Waals surface area contributed by atoms with Gasteiger partial charge in [0.05, 0.1) is 16.5 Å². The zero-order valence-electron chi connectivity index (χ0n) is 19.4. The second-order valence-corrected chi connectivity index (χ2v) is 10.00. The van der Waals surface area contributed by atoms with Crippen LogP contribution in [0.4, 0.5) is 4.79 Å². The molecule has 8 heteroatoms. The lowest BCUT2D eigenvalue weighted by Crippen LogP contribution is -2.34. The zero-order chi connectivity index (χ0) is 23.5. The first-order chi connectivity index (χ1) is 15.9. The van der Waals surface area contributed by atoms with Gasteiger partial charge in [-0.3, -0.25) is 19.3 Å². The van der Waals surface area contributed by atoms with Crippen LogP contribution in [-0.2, 0) is 27.3 Å². The van der Waals surface area contributed by atoms with E-state index < -0.39 is 0 Å². The molecule has 2 aromatic rings. The van der Waals surface area contributed by atoms with Crippen molar-refractivity contribution in [3.8, 4) is 0 Å². The zero-order valence-corrected chi connectivity index (χ0v) is 20.2. The number of nitrogens with zero attached hydrogens (tertiary/aromatic N) is 2. The summed E-state index contributed by atoms with van der Waals surface area (Å²) in [5.74, 6) is -0.113. The van der Waals surface area contributed by atoms with E-state index in [0.717, 1.165) is 59.7 Å². The predicted octanol–water partition coefficient (Wildman–Crippen LogP) is 4.19. The molecule has 2 saturated heterocycles. The van der Waals surface area contributed by atoms with Crippen LogP contribution in [-0.4, -0.2) is 52.3 Å². The van der Waals surface area contributed by atoms with Crippen LogP contribution in [0.2, 0.25) is 0 Å². The normalized spacial score (nSPS) is 20.1. The number of imide groups is 1. The summed E-state index contributed by atoms with van der Waals surface area (Å²) in [6.45, 7) is 7.93. The quantitative estimate of drug-likeness (QED) is 0.587. The SMILES string of the molecule is CCc1cccc2c(/C=C3\SC(=O)N(CC(C)C)C3=O)cn(CC(=O)NC[C@@H]3CCCO3)c12. The number of thioether (sulfide) groups is 1. The number of amides is 3. The highest BCUT2D eigenvalue weighted by molar-refractivity contribution is 8.18. The summed E-state index contributed by atoms with van der Waals surface area (Å²) in [7, 11) is 0. The molecule has 33 heavy (non-hydrogen) atoms. The Labute approximate surface area is 198 Å². The maximum absolute atomic E-state index is 12.8. The minimum atomic E-state index is -0.249. The van der Waals surface area contributed by atoms with Gasteiger partial charge in [-0.15, -0.1) is 0 Å². The summed E-state index contributed by atoms with van der Waals surface area (Å²) in [6.07, 6.45) is 6.62. The van der Waals surface area contributed by atoms with E-state index in [1.807, 2.05) is 36.7 Å². The molecule has 2 aliphatic rings. The number of fused-ring (bicyclic) bond motifs is 1. The molecule has 0 radical (unpaired) electrons. The van der Waals surface area contributed by atoms with E-state index in [9.17, 15) is 14.4 Å². The van der Waals surface area contributed by atoms with Crippen molar-refractivity contribution in [2.45, 2.75) is 52.7 Å². The minimum Gasteiger partial charge on any atom is -0.376 e. The number of ether oxygens (including phenoxy) is 1. The Kier molecular flexibility index (Phi) is 7.24. The van der Waals surface area contributed by atoms with Gasteiger partial charge in [-0.2, -0.15) is 0 Å². The van der Waals surface area contributed by atoms with Crippen LogP contribution in [0.3, 0.4) is 0 Å². The smallest absolute Gasteiger partial charge is 0.293 e. The van der Waals surface area contributed by atoms with Gasteiger partial charge in [0, 0.05) is 36.8 Å². The van der Waals surface area contributed by atoms with Crippen molar-refractivity contribution in [1.82, 2.24) is 14.8 Å². The molecule has 3 amide bonds. The van der Waals surface area contributed by atoms with Gasteiger partial charge in [-0.05, 0) is 48.6 Å². The molecule has 1 aromatic carbocycles. The van der Waals surface area contributed by atoms with E-state index in [1.165, 1.54) is 4.90 Å². The molecule has 176 valence electrons. The molecule has 4 rings (SSSR count). The van der Waals surface area contributed by atoms with Crippen molar-refractivity contribution in [3.63, 3.8) is 0 Å². The molecule has 0 spiro atoms. The van der Waals surface area contributed by atoms with E-state index in [1.54, 1.807) is 6.08 Å². The third kappa shape index (κ3) is 5.17. The Morgan fingerprint density at radius 2 is 2.15 bits per heavy atom. The van der Waals surface area contributed by atoms with Crippen LogP contribution >= 0.6 is 11.8 Å². The lowest BCUT2D eigenvalue weighted by atomic mass is 10.1. The molecule has 0 unspecified atom stereocenters. The van der Waals surface area contributed by atoms with Gasteiger partial charge in [-0.25, -0.2) is 0 Å². The fourth-order valence-electron chi connectivity index (χ4n) is 4.40. The molecule has 2 aliphatic heterocycles. The van der Waals surface area contributed by atoms with Crippen molar-refractivity contribution < 1.29 is 19.1 Å². The Bertz CT molecular complexity index is 1100. The average molecular weight is 470 g/mol. The highest BCUT2D eigenvalue weighted by Crippen LogP contribution is 2.35. The first kappa shape index (κ1) is 23.6. The van der Waals surface area contributed by atoms with Gasteiger partial charge >= 0.3 is 0 Å². The van der Waals surface area contributed by atoms with Crippen LogP contribution in [0.1, 0.15) is 44.7 Å². The van der Waals surface area contributed by atoms with Crippen molar-refractivity contribution in [1.29, 1.82) is 0 Å². The number of hydrogen-bond donors (Lipinski definition) is 1. The number of para-hydroxylation sites is 1. The third-order valence-corrected chi connectivity index (χ3v) is 6.87. The molecule has 3 heterocycles. The number of rotatable bonds is 8. The molecule has 1 N–H and O–H groups in total. The molecule has 1 aromatic heterocycles. The Hall–Kier alpha value is -2.58. The number of hydrogen-bond acceptors (Lipinski definition) is 5. The van der Waals surface area contributed by atoms with Gasteiger partial charge in [0.25, 0.3) is 11.1 Å². The van der Waals surface area contributed by atoms with E-state index in [2.05, 4.69) is 18.3 Å². The fraction of sp³-hybridized carbons (Fsp3) is 0.480. The Morgan fingerprint density at radius 1 is 1.33 bits per heavy atom. The number of benzene rings is 1. The third-order valence-electron chi connectivity index (χ3n) is 5.97. The van der Waals surface area contributed by atoms with Gasteiger partial charge in [0.2, 0.25) is 5.91 Å². The van der Waals surface area contributed by atoms with Crippen molar-refractivity contribution in [2.24, 2.45) is 5.92 Å². The summed E-state index contributed by atoms with van der Waals surface area (Å²) >= 11 is 0.979. The lowest BCUT2D eigenvalue weighted by molar-refractivity contribution is -0.123. The predicted molar refractivity (Wildman–Crippen MR) is 131 cm³/mol. The van der Waals surface area contributed by atoms with Gasteiger partial charge < -0.3 is 14.6 Å². The monoisotopic (exact) mass is 469 g/mol. The number of aryl methyl sites for hydroxylation is 1. The molecule has 0 saturated carbocycles. The number of carbonyl (C=O) groups excluding carboxylic acids is 3. The van der Waals surface area contributed by atoms with E-state index >= 15 is 0 Å². The summed E-state index contributed by atoms with van der Waals surface area (Å²) in [5, 5.41) is 3.72. The van der Waals surface area contributed by atoms with Crippen molar-refractivity contribution in [3.05, 3.63) is 40.4 Å². The van der Waals surface area contributed by atoms with Crippen LogP contribution in [0.5, 0.6) is 0 Å². The van der Waals surface area contributed by atoms with Crippen LogP contribution in [0, 0.1) is 5.92 Å². The Morgan fingerprint density at radius 3 is 2.85 bits per heavy atom. The lowest BCUT2D eigenvalue weighted by Gasteiger charge is -2.14. The standard InChI is InChI=1S/C25H31N3O4S/c1-4-17-7-5-9-20-18(11-21-24(30)28(13-16(2)3)25(31)33-21)14-27(23(17)20)15-22(29)26-12-19-8-6-10-32-19/h5,7,9,11,14,16,19H,4,6,8,10,12-13,15H2,1-3H3,(H,26,29)/b21-11-/t19-/m0/s1. The second-order valence-electron chi connectivity index (χ2n) is 9.00. The Balaban J connectivity index is 1.61. The minimum absolute atomic E-state index is 0.0721. The first-order valence-corrected chi connectivity index (χ1v) is 12.4. The summed E-state index contributed by atoms with van der Waals surface area (Å²) < 4.78 is 7.54. The average Bonchev–Trinajstić information content (AvgIpc) is 3.48. The molecule has 7 nitrogen and oxygen atoms in total. The van der Waals surface area contributed by atoms with E-state index in [4.69, 9.17) is 4.74 Å². The molecule has 0 bridgehead atoms. The van der Waals surface area contributed by atoms with Gasteiger partial charge in [0.15, 0.2) is 0 Å². The van der Waals surface area contributed by atoms with Crippen LogP contribution in [0.25, 0.3) is 17.0 Å². The summed E-state index contributed by atoms with van der Waals surface area (Å²) in [5.41, 5.74) is 2.95. The van der Waals surface area contributed by atoms with Gasteiger partial charge in [0.1, 0.15) is 6.54 Å². The topological polar surface area (TPSA) is 80.6 Å². The summed E-state index contributed by atoms with van der Waals surface area (Å²) in [6, 6.07) is 6.05. The highest BCUT2D eigenvalue weighted by Gasteiger charge is 2.35. The number of nitrogens with one attached hydrogen (secondary N) is 1. The van der Waals surface area contributed by atoms with E-state index in [-0.39, 0.29) is 35.6 Å². The highest BCUT2D eigenvalue weighted by atomic mass is 32.2. The van der Waals surface area contributed by atoms with Crippen LogP contribution in [0.15, 0.2) is 29.3 Å². The second kappa shape index (κ2) is 10.1. The molecular weight excluding hydrogens is 438 g/mol. The first-order valence-electron chi connectivity index (χ1n) is 11.6. The molecular formula is C25H31N3O4S.